The molecule has 2 fully saturated rings. The molecule has 1 aliphatic carbocycles. The first-order chi connectivity index (χ1) is 8.54. The number of hydrogen-bond acceptors (Lipinski definition) is 3. The van der Waals surface area contributed by atoms with Crippen LogP contribution in [0.4, 0.5) is 0 Å². The van der Waals surface area contributed by atoms with E-state index in [1.807, 2.05) is 7.05 Å². The fourth-order valence-corrected chi connectivity index (χ4v) is 4.07. The molecule has 0 aromatic rings. The summed E-state index contributed by atoms with van der Waals surface area (Å²) in [4.78, 5) is 2.64. The molecular formula is C15H30N2O. The average Bonchev–Trinajstić information content (AvgIpc) is 2.90. The predicted molar refractivity (Wildman–Crippen MR) is 75.7 cm³/mol. The van der Waals surface area contributed by atoms with Crippen LogP contribution < -0.4 is 5.32 Å². The van der Waals surface area contributed by atoms with Crippen LogP contribution in [0.2, 0.25) is 0 Å². The maximum absolute atomic E-state index is 9.71. The SMILES string of the molecule is CNC1(CO)CCCC1CCN1CCCC1(C)C. The number of likely N-dealkylation sites (tertiary alicyclic amines) is 1. The number of hydrogen-bond donors (Lipinski definition) is 2. The van der Waals surface area contributed by atoms with Gasteiger partial charge >= 0.3 is 0 Å². The molecule has 0 bridgehead atoms. The highest BCUT2D eigenvalue weighted by atomic mass is 16.3. The first-order valence-corrected chi connectivity index (χ1v) is 7.59. The molecule has 0 spiro atoms. The largest absolute Gasteiger partial charge is 0.394 e. The van der Waals surface area contributed by atoms with Crippen molar-refractivity contribution in [1.29, 1.82) is 0 Å². The van der Waals surface area contributed by atoms with Gasteiger partial charge in [-0.15, -0.1) is 0 Å². The molecule has 1 heterocycles. The van der Waals surface area contributed by atoms with Gasteiger partial charge in [0.25, 0.3) is 0 Å². The molecule has 1 saturated carbocycles. The van der Waals surface area contributed by atoms with Gasteiger partial charge < -0.3 is 10.4 Å². The molecule has 2 atom stereocenters. The average molecular weight is 254 g/mol. The van der Waals surface area contributed by atoms with Crippen LogP contribution in [0.3, 0.4) is 0 Å². The Bertz CT molecular complexity index is 274. The summed E-state index contributed by atoms with van der Waals surface area (Å²) in [5.41, 5.74) is 0.393. The molecule has 3 nitrogen and oxygen atoms in total. The summed E-state index contributed by atoms with van der Waals surface area (Å²) >= 11 is 0. The molecule has 0 amide bonds. The van der Waals surface area contributed by atoms with Crippen molar-refractivity contribution in [3.63, 3.8) is 0 Å². The summed E-state index contributed by atoms with van der Waals surface area (Å²) in [5.74, 6) is 0.642. The third kappa shape index (κ3) is 2.59. The zero-order valence-electron chi connectivity index (χ0n) is 12.3. The molecule has 2 unspecified atom stereocenters. The fourth-order valence-electron chi connectivity index (χ4n) is 4.07. The van der Waals surface area contributed by atoms with Gasteiger partial charge in [-0.05, 0) is 72.0 Å². The maximum atomic E-state index is 9.71. The van der Waals surface area contributed by atoms with Gasteiger partial charge in [-0.1, -0.05) is 6.42 Å². The van der Waals surface area contributed by atoms with Crippen LogP contribution in [0.25, 0.3) is 0 Å². The zero-order valence-corrected chi connectivity index (χ0v) is 12.3. The first-order valence-electron chi connectivity index (χ1n) is 7.59. The highest BCUT2D eigenvalue weighted by molar-refractivity contribution is 4.99. The van der Waals surface area contributed by atoms with E-state index in [1.165, 1.54) is 45.2 Å². The lowest BCUT2D eigenvalue weighted by Gasteiger charge is -2.37. The molecule has 2 N–H and O–H groups in total. The molecule has 0 radical (unpaired) electrons. The summed E-state index contributed by atoms with van der Waals surface area (Å²) in [6.07, 6.45) is 7.56. The van der Waals surface area contributed by atoms with Crippen molar-refractivity contribution in [1.82, 2.24) is 10.2 Å². The molecule has 18 heavy (non-hydrogen) atoms. The minimum atomic E-state index is 0.00384. The van der Waals surface area contributed by atoms with Crippen molar-refractivity contribution < 1.29 is 5.11 Å². The smallest absolute Gasteiger partial charge is 0.0615 e. The summed E-state index contributed by atoms with van der Waals surface area (Å²) in [7, 11) is 2.01. The third-order valence-electron chi connectivity index (χ3n) is 5.56. The number of aliphatic hydroxyl groups excluding tert-OH is 1. The quantitative estimate of drug-likeness (QED) is 0.788. The van der Waals surface area contributed by atoms with Crippen molar-refractivity contribution in [3.8, 4) is 0 Å². The van der Waals surface area contributed by atoms with E-state index in [9.17, 15) is 5.11 Å². The molecule has 0 aromatic heterocycles. The van der Waals surface area contributed by atoms with Crippen molar-refractivity contribution in [2.24, 2.45) is 5.92 Å². The van der Waals surface area contributed by atoms with E-state index in [-0.39, 0.29) is 12.1 Å². The molecule has 0 aromatic carbocycles. The van der Waals surface area contributed by atoms with E-state index < -0.39 is 0 Å². The van der Waals surface area contributed by atoms with Gasteiger partial charge in [-0.2, -0.15) is 0 Å². The first kappa shape index (κ1) is 14.3. The van der Waals surface area contributed by atoms with Crippen LogP contribution in [0.5, 0.6) is 0 Å². The monoisotopic (exact) mass is 254 g/mol. The highest BCUT2D eigenvalue weighted by Gasteiger charge is 2.41. The second-order valence-electron chi connectivity index (χ2n) is 6.85. The second-order valence-corrected chi connectivity index (χ2v) is 6.85. The number of nitrogens with one attached hydrogen (secondary N) is 1. The lowest BCUT2D eigenvalue weighted by atomic mass is 9.85. The number of rotatable bonds is 5. The van der Waals surface area contributed by atoms with Crippen LogP contribution >= 0.6 is 0 Å². The highest BCUT2D eigenvalue weighted by Crippen LogP contribution is 2.38. The lowest BCUT2D eigenvalue weighted by molar-refractivity contribution is 0.106. The summed E-state index contributed by atoms with van der Waals surface area (Å²) in [6, 6.07) is 0. The Morgan fingerprint density at radius 3 is 2.61 bits per heavy atom. The van der Waals surface area contributed by atoms with E-state index in [2.05, 4.69) is 24.1 Å². The van der Waals surface area contributed by atoms with Crippen LogP contribution in [0.1, 0.15) is 52.4 Å². The van der Waals surface area contributed by atoms with Gasteiger partial charge in [-0.3, -0.25) is 4.90 Å². The Kier molecular flexibility index (Phi) is 4.35. The third-order valence-corrected chi connectivity index (χ3v) is 5.56. The number of aliphatic hydroxyl groups is 1. The second kappa shape index (κ2) is 5.48. The van der Waals surface area contributed by atoms with Crippen LogP contribution in [0.15, 0.2) is 0 Å². The van der Waals surface area contributed by atoms with Gasteiger partial charge in [-0.25, -0.2) is 0 Å². The predicted octanol–water partition coefficient (Wildman–Crippen LogP) is 2.00. The summed E-state index contributed by atoms with van der Waals surface area (Å²) in [5, 5.41) is 13.1. The summed E-state index contributed by atoms with van der Waals surface area (Å²) < 4.78 is 0. The normalized spacial score (nSPS) is 36.3. The van der Waals surface area contributed by atoms with Crippen molar-refractivity contribution >= 4 is 0 Å². The van der Waals surface area contributed by atoms with E-state index in [4.69, 9.17) is 0 Å². The van der Waals surface area contributed by atoms with Crippen LogP contribution in [-0.4, -0.2) is 47.8 Å². The van der Waals surface area contributed by atoms with Gasteiger partial charge in [0.1, 0.15) is 0 Å². The fraction of sp³-hybridized carbons (Fsp3) is 1.00. The van der Waals surface area contributed by atoms with Crippen LogP contribution in [-0.2, 0) is 0 Å². The van der Waals surface area contributed by atoms with Gasteiger partial charge in [0, 0.05) is 11.1 Å². The van der Waals surface area contributed by atoms with E-state index in [1.54, 1.807) is 0 Å². The van der Waals surface area contributed by atoms with E-state index >= 15 is 0 Å². The van der Waals surface area contributed by atoms with Crippen molar-refractivity contribution in [2.45, 2.75) is 63.5 Å². The van der Waals surface area contributed by atoms with Gasteiger partial charge in [0.05, 0.1) is 6.61 Å². The van der Waals surface area contributed by atoms with Crippen molar-refractivity contribution in [2.75, 3.05) is 26.7 Å². The Labute approximate surface area is 112 Å². The lowest BCUT2D eigenvalue weighted by Crippen LogP contribution is -2.50. The van der Waals surface area contributed by atoms with E-state index in [0.29, 0.717) is 11.5 Å². The molecule has 1 aliphatic heterocycles. The number of likely N-dealkylation sites (N-methyl/N-ethyl adjacent to an activating group) is 1. The Balaban J connectivity index is 1.90. The molecule has 2 rings (SSSR count). The molecule has 3 heteroatoms. The number of nitrogens with zero attached hydrogens (tertiary/aromatic N) is 1. The van der Waals surface area contributed by atoms with Crippen LogP contribution in [0, 0.1) is 5.92 Å². The Morgan fingerprint density at radius 1 is 1.28 bits per heavy atom. The van der Waals surface area contributed by atoms with Gasteiger partial charge in [0.15, 0.2) is 0 Å². The standard InChI is InChI=1S/C15H30N2O/c1-14(2)8-5-10-17(14)11-7-13-6-4-9-15(13,12-18)16-3/h13,16,18H,4-12H2,1-3H3. The Hall–Kier alpha value is -0.120. The topological polar surface area (TPSA) is 35.5 Å². The summed E-state index contributed by atoms with van der Waals surface area (Å²) in [6.45, 7) is 7.47. The van der Waals surface area contributed by atoms with Gasteiger partial charge in [0.2, 0.25) is 0 Å². The Morgan fingerprint density at radius 2 is 2.06 bits per heavy atom. The molecule has 1 saturated heterocycles. The van der Waals surface area contributed by atoms with Crippen molar-refractivity contribution in [3.05, 3.63) is 0 Å². The minimum absolute atomic E-state index is 0.00384. The zero-order chi connectivity index (χ0) is 13.2. The minimum Gasteiger partial charge on any atom is -0.394 e. The van der Waals surface area contributed by atoms with E-state index in [0.717, 1.165) is 6.42 Å². The molecule has 2 aliphatic rings. The maximum Gasteiger partial charge on any atom is 0.0615 e. The molecule has 106 valence electrons. The molecular weight excluding hydrogens is 224 g/mol.